The molecule has 0 radical (unpaired) electrons. The molecule has 0 bridgehead atoms. The minimum absolute atomic E-state index is 0.0310. The van der Waals surface area contributed by atoms with Gasteiger partial charge in [0, 0.05) is 19.2 Å². The summed E-state index contributed by atoms with van der Waals surface area (Å²) in [4.78, 5) is 50.1. The second-order valence-electron chi connectivity index (χ2n) is 6.56. The van der Waals surface area contributed by atoms with Crippen molar-refractivity contribution in [1.29, 1.82) is 0 Å². The van der Waals surface area contributed by atoms with Gasteiger partial charge in [-0.2, -0.15) is 0 Å². The van der Waals surface area contributed by atoms with E-state index in [-0.39, 0.29) is 28.7 Å². The number of hydrogen-bond donors (Lipinski definition) is 1. The number of likely N-dealkylation sites (tertiary alicyclic amines) is 1. The lowest BCUT2D eigenvalue weighted by atomic mass is 10.1. The van der Waals surface area contributed by atoms with Crippen LogP contribution >= 0.6 is 11.8 Å². The summed E-state index contributed by atoms with van der Waals surface area (Å²) in [5.74, 6) is -1.69. The van der Waals surface area contributed by atoms with Gasteiger partial charge in [-0.25, -0.2) is 0 Å². The fourth-order valence-corrected chi connectivity index (χ4v) is 4.00. The van der Waals surface area contributed by atoms with Crippen molar-refractivity contribution in [3.8, 4) is 11.5 Å². The molecule has 2 aliphatic rings. The van der Waals surface area contributed by atoms with Crippen molar-refractivity contribution >= 4 is 40.6 Å². The van der Waals surface area contributed by atoms with Crippen molar-refractivity contribution in [2.75, 3.05) is 26.7 Å². The summed E-state index contributed by atoms with van der Waals surface area (Å²) in [6, 6.07) is 2.39. The van der Waals surface area contributed by atoms with E-state index in [1.54, 1.807) is 4.90 Å². The number of thioether (sulfide) groups is 1. The number of benzene rings is 1. The topological polar surface area (TPSA) is 130 Å². The number of ether oxygens (including phenoxy) is 1. The van der Waals surface area contributed by atoms with Gasteiger partial charge in [0.05, 0.1) is 16.9 Å². The van der Waals surface area contributed by atoms with Gasteiger partial charge in [0.15, 0.2) is 5.75 Å². The number of amides is 3. The van der Waals surface area contributed by atoms with E-state index in [1.165, 1.54) is 19.3 Å². The number of phenolic OH excluding ortho intramolecular Hbond substituents is 1. The average molecular weight is 421 g/mol. The Hall–Kier alpha value is -3.08. The summed E-state index contributed by atoms with van der Waals surface area (Å²) in [5, 5.41) is 20.4. The number of phenols is 1. The summed E-state index contributed by atoms with van der Waals surface area (Å²) in [5.41, 5.74) is -0.380. The fourth-order valence-electron chi connectivity index (χ4n) is 3.16. The lowest BCUT2D eigenvalue weighted by molar-refractivity contribution is -0.386. The van der Waals surface area contributed by atoms with Crippen LogP contribution in [0.5, 0.6) is 11.5 Å². The molecular formula is C18H19N3O7S. The zero-order valence-corrected chi connectivity index (χ0v) is 16.4. The molecule has 10 nitrogen and oxygen atoms in total. The number of aromatic hydroxyl groups is 1. The van der Waals surface area contributed by atoms with Gasteiger partial charge >= 0.3 is 5.69 Å². The highest BCUT2D eigenvalue weighted by Gasteiger charge is 2.37. The molecular weight excluding hydrogens is 402 g/mol. The van der Waals surface area contributed by atoms with Crippen molar-refractivity contribution < 1.29 is 29.2 Å². The van der Waals surface area contributed by atoms with Gasteiger partial charge in [-0.3, -0.25) is 29.4 Å². The van der Waals surface area contributed by atoms with Gasteiger partial charge in [0.25, 0.3) is 11.1 Å². The van der Waals surface area contributed by atoms with Gasteiger partial charge in [-0.05, 0) is 48.7 Å². The first-order valence-electron chi connectivity index (χ1n) is 8.90. The Kier molecular flexibility index (Phi) is 6.06. The molecule has 3 amide bonds. The molecule has 2 heterocycles. The molecule has 11 heteroatoms. The molecule has 154 valence electrons. The van der Waals surface area contributed by atoms with E-state index in [4.69, 9.17) is 4.74 Å². The van der Waals surface area contributed by atoms with Gasteiger partial charge in [-0.1, -0.05) is 0 Å². The number of piperidine rings is 1. The molecule has 0 aliphatic carbocycles. The van der Waals surface area contributed by atoms with Crippen molar-refractivity contribution in [2.45, 2.75) is 19.3 Å². The Bertz CT molecular complexity index is 909. The predicted molar refractivity (Wildman–Crippen MR) is 104 cm³/mol. The van der Waals surface area contributed by atoms with Crippen LogP contribution in [0, 0.1) is 10.1 Å². The maximum Gasteiger partial charge on any atom is 0.315 e. The number of nitro benzene ring substituents is 1. The number of nitrogens with zero attached hydrogens (tertiary/aromatic N) is 3. The molecule has 29 heavy (non-hydrogen) atoms. The molecule has 0 aromatic heterocycles. The van der Waals surface area contributed by atoms with Crippen molar-refractivity contribution in [3.05, 3.63) is 32.7 Å². The second-order valence-corrected chi connectivity index (χ2v) is 7.55. The third-order valence-corrected chi connectivity index (χ3v) is 5.57. The molecule has 1 N–H and O–H groups in total. The number of methoxy groups -OCH3 is 1. The largest absolute Gasteiger partial charge is 0.500 e. The Morgan fingerprint density at radius 2 is 2.00 bits per heavy atom. The summed E-state index contributed by atoms with van der Waals surface area (Å²) in [6.07, 6.45) is 4.14. The van der Waals surface area contributed by atoms with Gasteiger partial charge in [-0.15, -0.1) is 0 Å². The first-order valence-corrected chi connectivity index (χ1v) is 9.72. The highest BCUT2D eigenvalue weighted by atomic mass is 32.2. The van der Waals surface area contributed by atoms with Crippen LogP contribution in [0.3, 0.4) is 0 Å². The lowest BCUT2D eigenvalue weighted by Crippen LogP contribution is -2.44. The highest BCUT2D eigenvalue weighted by Crippen LogP contribution is 2.39. The molecule has 0 spiro atoms. The molecule has 1 aromatic rings. The van der Waals surface area contributed by atoms with Crippen LogP contribution in [0.2, 0.25) is 0 Å². The Labute approximate surface area is 170 Å². The van der Waals surface area contributed by atoms with Gasteiger partial charge in [0.1, 0.15) is 6.54 Å². The Morgan fingerprint density at radius 3 is 2.62 bits per heavy atom. The smallest absolute Gasteiger partial charge is 0.315 e. The number of carbonyl (C=O) groups excluding carboxylic acids is 3. The van der Waals surface area contributed by atoms with Crippen molar-refractivity contribution in [1.82, 2.24) is 9.80 Å². The molecule has 2 aliphatic heterocycles. The molecule has 2 saturated heterocycles. The first-order chi connectivity index (χ1) is 13.8. The van der Waals surface area contributed by atoms with Gasteiger partial charge < -0.3 is 14.7 Å². The third kappa shape index (κ3) is 4.34. The molecule has 3 rings (SSSR count). The summed E-state index contributed by atoms with van der Waals surface area (Å²) in [7, 11) is 1.24. The number of hydrogen-bond acceptors (Lipinski definition) is 8. The molecule has 1 aromatic carbocycles. The minimum Gasteiger partial charge on any atom is -0.500 e. The van der Waals surface area contributed by atoms with Crippen LogP contribution in [0.4, 0.5) is 10.5 Å². The first kappa shape index (κ1) is 20.6. The number of nitro groups is 1. The Balaban J connectivity index is 1.82. The van der Waals surface area contributed by atoms with Gasteiger partial charge in [0.2, 0.25) is 11.7 Å². The zero-order valence-electron chi connectivity index (χ0n) is 15.6. The highest BCUT2D eigenvalue weighted by molar-refractivity contribution is 8.18. The number of rotatable bonds is 5. The minimum atomic E-state index is -0.780. The van der Waals surface area contributed by atoms with E-state index in [1.807, 2.05) is 0 Å². The summed E-state index contributed by atoms with van der Waals surface area (Å²) in [6.45, 7) is 0.894. The standard InChI is InChI=1S/C18H19N3O7S/c1-28-13-8-11(7-12(16(13)23)21(26)27)9-14-17(24)20(18(25)29-14)10-15(22)19-5-3-2-4-6-19/h7-9,23H,2-6,10H2,1H3/b14-9-. The maximum atomic E-state index is 12.6. The van der Waals surface area contributed by atoms with E-state index >= 15 is 0 Å². The van der Waals surface area contributed by atoms with Crippen LogP contribution in [-0.2, 0) is 9.59 Å². The van der Waals surface area contributed by atoms with Crippen LogP contribution in [0.25, 0.3) is 6.08 Å². The van der Waals surface area contributed by atoms with Crippen LogP contribution in [0.1, 0.15) is 24.8 Å². The number of carbonyl (C=O) groups is 3. The molecule has 0 unspecified atom stereocenters. The van der Waals surface area contributed by atoms with Crippen molar-refractivity contribution in [2.24, 2.45) is 0 Å². The van der Waals surface area contributed by atoms with Crippen LogP contribution < -0.4 is 4.74 Å². The van der Waals surface area contributed by atoms with Crippen LogP contribution in [0.15, 0.2) is 17.0 Å². The van der Waals surface area contributed by atoms with E-state index in [0.29, 0.717) is 24.9 Å². The third-order valence-electron chi connectivity index (χ3n) is 4.67. The summed E-state index contributed by atoms with van der Waals surface area (Å²) < 4.78 is 4.93. The molecule has 2 fully saturated rings. The van der Waals surface area contributed by atoms with Crippen molar-refractivity contribution in [3.63, 3.8) is 0 Å². The normalized spacial score (nSPS) is 18.4. The SMILES string of the molecule is COc1cc(/C=C2\SC(=O)N(CC(=O)N3CCCCC3)C2=O)cc([N+](=O)[O-])c1O. The monoisotopic (exact) mass is 421 g/mol. The fraction of sp³-hybridized carbons (Fsp3) is 0.389. The van der Waals surface area contributed by atoms with E-state index < -0.39 is 27.5 Å². The molecule has 0 atom stereocenters. The van der Waals surface area contributed by atoms with E-state index in [9.17, 15) is 29.6 Å². The maximum absolute atomic E-state index is 12.6. The van der Waals surface area contributed by atoms with E-state index in [0.717, 1.165) is 30.2 Å². The zero-order chi connectivity index (χ0) is 21.1. The number of imide groups is 1. The summed E-state index contributed by atoms with van der Waals surface area (Å²) >= 11 is 0.652. The quantitative estimate of drug-likeness (QED) is 0.436. The van der Waals surface area contributed by atoms with Crippen LogP contribution in [-0.4, -0.2) is 63.6 Å². The average Bonchev–Trinajstić information content (AvgIpc) is 2.96. The lowest BCUT2D eigenvalue weighted by Gasteiger charge is -2.27. The van der Waals surface area contributed by atoms with E-state index in [2.05, 4.69) is 0 Å². The second kappa shape index (κ2) is 8.52. The predicted octanol–water partition coefficient (Wildman–Crippen LogP) is 2.36. The molecule has 0 saturated carbocycles. The Morgan fingerprint density at radius 1 is 1.31 bits per heavy atom.